The van der Waals surface area contributed by atoms with Gasteiger partial charge >= 0.3 is 6.11 Å². The lowest BCUT2D eigenvalue weighted by molar-refractivity contribution is -0.141. The highest BCUT2D eigenvalue weighted by molar-refractivity contribution is 5.75. The van der Waals surface area contributed by atoms with Gasteiger partial charge in [0.1, 0.15) is 17.4 Å². The summed E-state index contributed by atoms with van der Waals surface area (Å²) in [5.74, 6) is -8.70. The summed E-state index contributed by atoms with van der Waals surface area (Å²) in [6.07, 6.45) is -2.51. The van der Waals surface area contributed by atoms with E-state index in [1.165, 1.54) is 25.1 Å². The van der Waals surface area contributed by atoms with Crippen LogP contribution < -0.4 is 4.74 Å². The lowest BCUT2D eigenvalue weighted by Gasteiger charge is -2.19. The standard InChI is InChI=1S/C21H15F7O/c1-4-13(15-6-5-11(2)7-17(15)23)8-16(22)12(3)21(27,28)29-14-9-18(24)20(26)19(25)10-14/h4-10H,3H2,1-2H3/b13-4+,16-8+. The molecule has 2 aromatic carbocycles. The van der Waals surface area contributed by atoms with Crippen molar-refractivity contribution in [3.8, 4) is 5.75 Å². The van der Waals surface area contributed by atoms with Gasteiger partial charge in [-0.25, -0.2) is 22.0 Å². The van der Waals surface area contributed by atoms with Gasteiger partial charge in [-0.1, -0.05) is 24.8 Å². The average Bonchev–Trinajstić information content (AvgIpc) is 2.63. The van der Waals surface area contributed by atoms with Gasteiger partial charge in [0, 0.05) is 17.7 Å². The second-order valence-corrected chi connectivity index (χ2v) is 6.02. The molecule has 29 heavy (non-hydrogen) atoms. The molecule has 0 saturated heterocycles. The predicted molar refractivity (Wildman–Crippen MR) is 95.0 cm³/mol. The molecule has 2 rings (SSSR count). The van der Waals surface area contributed by atoms with Crippen molar-refractivity contribution in [3.63, 3.8) is 0 Å². The van der Waals surface area contributed by atoms with Crippen molar-refractivity contribution in [2.45, 2.75) is 20.0 Å². The fourth-order valence-corrected chi connectivity index (χ4v) is 2.33. The van der Waals surface area contributed by atoms with Crippen molar-refractivity contribution >= 4 is 5.57 Å². The van der Waals surface area contributed by atoms with Crippen LogP contribution in [0.1, 0.15) is 18.1 Å². The largest absolute Gasteiger partial charge is 0.429 e. The highest BCUT2D eigenvalue weighted by Crippen LogP contribution is 2.35. The molecule has 0 aromatic heterocycles. The first-order valence-corrected chi connectivity index (χ1v) is 8.17. The topological polar surface area (TPSA) is 9.23 Å². The van der Waals surface area contributed by atoms with Crippen molar-refractivity contribution in [2.75, 3.05) is 0 Å². The van der Waals surface area contributed by atoms with Crippen molar-refractivity contribution in [2.24, 2.45) is 0 Å². The molecular formula is C21H15F7O. The minimum Gasteiger partial charge on any atom is -0.429 e. The summed E-state index contributed by atoms with van der Waals surface area (Å²) in [6.45, 7) is 5.98. The fourth-order valence-electron chi connectivity index (χ4n) is 2.33. The molecule has 0 aliphatic rings. The van der Waals surface area contributed by atoms with Gasteiger partial charge in [-0.15, -0.1) is 0 Å². The summed E-state index contributed by atoms with van der Waals surface area (Å²) >= 11 is 0. The Morgan fingerprint density at radius 3 is 2.10 bits per heavy atom. The predicted octanol–water partition coefficient (Wildman–Crippen LogP) is 7.04. The van der Waals surface area contributed by atoms with Crippen LogP contribution in [0.15, 0.2) is 60.5 Å². The normalized spacial score (nSPS) is 12.9. The summed E-state index contributed by atoms with van der Waals surface area (Å²) in [7, 11) is 0. The zero-order valence-electron chi connectivity index (χ0n) is 15.3. The number of hydrogen-bond donors (Lipinski definition) is 0. The molecule has 0 N–H and O–H groups in total. The maximum Gasteiger partial charge on any atom is 0.428 e. The molecule has 0 bridgehead atoms. The zero-order chi connectivity index (χ0) is 21.9. The molecular weight excluding hydrogens is 401 g/mol. The Hall–Kier alpha value is -3.03. The van der Waals surface area contributed by atoms with E-state index in [-0.39, 0.29) is 23.3 Å². The minimum absolute atomic E-state index is 0.0343. The van der Waals surface area contributed by atoms with E-state index in [0.29, 0.717) is 11.6 Å². The summed E-state index contributed by atoms with van der Waals surface area (Å²) in [6, 6.07) is 4.46. The molecule has 0 amide bonds. The Morgan fingerprint density at radius 1 is 1.00 bits per heavy atom. The number of rotatable bonds is 6. The van der Waals surface area contributed by atoms with E-state index in [4.69, 9.17) is 0 Å². The molecule has 0 aliphatic heterocycles. The molecule has 0 spiro atoms. The summed E-state index contributed by atoms with van der Waals surface area (Å²) < 4.78 is 100. The van der Waals surface area contributed by atoms with Crippen LogP contribution in [-0.2, 0) is 0 Å². The Bertz CT molecular complexity index is 983. The van der Waals surface area contributed by atoms with Crippen LogP contribution in [-0.4, -0.2) is 6.11 Å². The van der Waals surface area contributed by atoms with Crippen LogP contribution in [0.5, 0.6) is 5.75 Å². The van der Waals surface area contributed by atoms with Gasteiger partial charge < -0.3 is 4.74 Å². The van der Waals surface area contributed by atoms with Gasteiger partial charge in [-0.2, -0.15) is 8.78 Å². The minimum atomic E-state index is -4.43. The van der Waals surface area contributed by atoms with E-state index in [2.05, 4.69) is 11.3 Å². The van der Waals surface area contributed by atoms with Gasteiger partial charge in [0.25, 0.3) is 0 Å². The quantitative estimate of drug-likeness (QED) is 0.279. The third kappa shape index (κ3) is 5.07. The van der Waals surface area contributed by atoms with Crippen molar-refractivity contribution < 1.29 is 35.5 Å². The van der Waals surface area contributed by atoms with E-state index in [1.807, 2.05) is 0 Å². The van der Waals surface area contributed by atoms with Crippen molar-refractivity contribution in [1.82, 2.24) is 0 Å². The smallest absolute Gasteiger partial charge is 0.428 e. The van der Waals surface area contributed by atoms with Crippen LogP contribution >= 0.6 is 0 Å². The molecule has 0 unspecified atom stereocenters. The van der Waals surface area contributed by atoms with E-state index in [9.17, 15) is 30.7 Å². The van der Waals surface area contributed by atoms with Gasteiger partial charge in [0.2, 0.25) is 0 Å². The number of ether oxygens (including phenoxy) is 1. The summed E-state index contributed by atoms with van der Waals surface area (Å²) in [5, 5.41) is 0. The summed E-state index contributed by atoms with van der Waals surface area (Å²) in [4.78, 5) is 0. The molecule has 0 saturated carbocycles. The lowest BCUT2D eigenvalue weighted by atomic mass is 10.0. The first kappa shape index (κ1) is 22.3. The average molecular weight is 416 g/mol. The number of alkyl halides is 2. The molecule has 0 radical (unpaired) electrons. The van der Waals surface area contributed by atoms with Crippen molar-refractivity contribution in [3.05, 3.63) is 94.9 Å². The number of benzene rings is 2. The molecule has 154 valence electrons. The van der Waals surface area contributed by atoms with Crippen LogP contribution in [0.2, 0.25) is 0 Å². The van der Waals surface area contributed by atoms with Gasteiger partial charge in [-0.3, -0.25) is 0 Å². The van der Waals surface area contributed by atoms with E-state index >= 15 is 0 Å². The third-order valence-electron chi connectivity index (χ3n) is 3.87. The van der Waals surface area contributed by atoms with Crippen molar-refractivity contribution in [1.29, 1.82) is 0 Å². The van der Waals surface area contributed by atoms with E-state index in [0.717, 1.165) is 0 Å². The summed E-state index contributed by atoms with van der Waals surface area (Å²) in [5.41, 5.74) is -0.951. The molecule has 1 nitrogen and oxygen atoms in total. The van der Waals surface area contributed by atoms with Crippen LogP contribution in [0.25, 0.3) is 5.57 Å². The molecule has 0 heterocycles. The van der Waals surface area contributed by atoms with Crippen LogP contribution in [0.4, 0.5) is 30.7 Å². The molecule has 0 atom stereocenters. The second-order valence-electron chi connectivity index (χ2n) is 6.02. The molecule has 0 fully saturated rings. The number of aryl methyl sites for hydroxylation is 1. The van der Waals surface area contributed by atoms with E-state index in [1.54, 1.807) is 13.0 Å². The van der Waals surface area contributed by atoms with E-state index < -0.39 is 46.5 Å². The Kier molecular flexibility index (Phi) is 6.56. The van der Waals surface area contributed by atoms with Crippen LogP contribution in [0.3, 0.4) is 0 Å². The molecule has 2 aromatic rings. The van der Waals surface area contributed by atoms with Crippen LogP contribution in [0, 0.1) is 30.2 Å². The highest BCUT2D eigenvalue weighted by atomic mass is 19.3. The Balaban J connectivity index is 2.31. The van der Waals surface area contributed by atoms with Gasteiger partial charge in [-0.05, 0) is 37.1 Å². The first-order valence-electron chi connectivity index (χ1n) is 8.17. The SMILES string of the molecule is C=C(/C(F)=C\C(=C/C)c1ccc(C)cc1F)C(F)(F)Oc1cc(F)c(F)c(F)c1. The Morgan fingerprint density at radius 2 is 1.59 bits per heavy atom. The monoisotopic (exact) mass is 416 g/mol. The van der Waals surface area contributed by atoms with Gasteiger partial charge in [0.05, 0.1) is 5.57 Å². The Labute approximate surface area is 162 Å². The first-order chi connectivity index (χ1) is 13.5. The van der Waals surface area contributed by atoms with Gasteiger partial charge in [0.15, 0.2) is 17.5 Å². The maximum atomic E-state index is 14.4. The third-order valence-corrected chi connectivity index (χ3v) is 3.87. The number of hydrogen-bond acceptors (Lipinski definition) is 1. The zero-order valence-corrected chi connectivity index (χ0v) is 15.3. The fraction of sp³-hybridized carbons (Fsp3) is 0.143. The number of allylic oxidation sites excluding steroid dienone is 3. The maximum absolute atomic E-state index is 14.4. The second kappa shape index (κ2) is 8.55. The molecule has 8 heteroatoms. The molecule has 0 aliphatic carbocycles. The highest BCUT2D eigenvalue weighted by Gasteiger charge is 2.39. The number of halogens is 7. The lowest BCUT2D eigenvalue weighted by Crippen LogP contribution is -2.27.